The maximum absolute atomic E-state index is 10.6. The predicted molar refractivity (Wildman–Crippen MR) is 47.3 cm³/mol. The number of alkyl carbamates (subject to hydrolysis) is 1. The van der Waals surface area contributed by atoms with Crippen molar-refractivity contribution in [3.05, 3.63) is 18.2 Å². The molecule has 5 heteroatoms. The number of aromatic nitrogens is 2. The van der Waals surface area contributed by atoms with E-state index in [0.29, 0.717) is 6.54 Å². The van der Waals surface area contributed by atoms with E-state index in [1.54, 1.807) is 6.33 Å². The van der Waals surface area contributed by atoms with E-state index in [4.69, 9.17) is 0 Å². The fraction of sp³-hybridized carbons (Fsp3) is 0.500. The van der Waals surface area contributed by atoms with Gasteiger partial charge in [-0.15, -0.1) is 0 Å². The Morgan fingerprint density at radius 1 is 1.77 bits per heavy atom. The first-order chi connectivity index (χ1) is 6.22. The Labute approximate surface area is 76.7 Å². The first-order valence-electron chi connectivity index (χ1n) is 4.01. The number of hydrogen-bond donors (Lipinski definition) is 1. The number of amides is 1. The molecule has 0 saturated heterocycles. The van der Waals surface area contributed by atoms with Gasteiger partial charge in [-0.2, -0.15) is 0 Å². The van der Waals surface area contributed by atoms with Crippen molar-refractivity contribution in [2.75, 3.05) is 13.7 Å². The molecule has 0 fully saturated rings. The number of carbonyl (C=O) groups excluding carboxylic acids is 1. The average molecular weight is 183 g/mol. The second-order valence-electron chi connectivity index (χ2n) is 2.70. The predicted octanol–water partition coefficient (Wildman–Crippen LogP) is 0.319. The quantitative estimate of drug-likeness (QED) is 0.734. The normalized spacial score (nSPS) is 9.69. The first-order valence-corrected chi connectivity index (χ1v) is 4.01. The lowest BCUT2D eigenvalue weighted by molar-refractivity contribution is 0.171. The molecule has 13 heavy (non-hydrogen) atoms. The average Bonchev–Trinajstić information content (AvgIpc) is 2.51. The Bertz CT molecular complexity index is 283. The van der Waals surface area contributed by atoms with Crippen LogP contribution in [0.1, 0.15) is 5.69 Å². The van der Waals surface area contributed by atoms with Gasteiger partial charge in [-0.25, -0.2) is 9.78 Å². The van der Waals surface area contributed by atoms with Crippen molar-refractivity contribution in [2.45, 2.75) is 6.42 Å². The molecule has 0 aliphatic carbocycles. The topological polar surface area (TPSA) is 56.1 Å². The number of nitrogens with one attached hydrogen (secondary N) is 1. The highest BCUT2D eigenvalue weighted by Gasteiger charge is 1.99. The highest BCUT2D eigenvalue weighted by Crippen LogP contribution is 1.93. The summed E-state index contributed by atoms with van der Waals surface area (Å²) < 4.78 is 6.29. The minimum atomic E-state index is -0.407. The van der Waals surface area contributed by atoms with Crippen molar-refractivity contribution in [1.82, 2.24) is 14.9 Å². The van der Waals surface area contributed by atoms with Gasteiger partial charge in [0.2, 0.25) is 0 Å². The molecule has 0 radical (unpaired) electrons. The van der Waals surface area contributed by atoms with Crippen LogP contribution in [0, 0.1) is 0 Å². The number of hydrogen-bond acceptors (Lipinski definition) is 3. The molecule has 1 N–H and O–H groups in total. The van der Waals surface area contributed by atoms with Gasteiger partial charge in [0.25, 0.3) is 0 Å². The Balaban J connectivity index is 2.24. The van der Waals surface area contributed by atoms with E-state index in [9.17, 15) is 4.79 Å². The molecule has 1 rings (SSSR count). The van der Waals surface area contributed by atoms with E-state index in [1.165, 1.54) is 7.11 Å². The summed E-state index contributed by atoms with van der Waals surface area (Å²) in [6, 6.07) is 0. The smallest absolute Gasteiger partial charge is 0.406 e. The van der Waals surface area contributed by atoms with Crippen LogP contribution < -0.4 is 5.32 Å². The number of nitrogens with zero attached hydrogens (tertiary/aromatic N) is 2. The minimum Gasteiger partial charge on any atom is -0.453 e. The van der Waals surface area contributed by atoms with Crippen LogP contribution in [0.25, 0.3) is 0 Å². The van der Waals surface area contributed by atoms with Gasteiger partial charge in [-0.3, -0.25) is 0 Å². The molecule has 0 aliphatic heterocycles. The van der Waals surface area contributed by atoms with Crippen LogP contribution in [-0.2, 0) is 18.2 Å². The molecule has 1 aromatic heterocycles. The van der Waals surface area contributed by atoms with Gasteiger partial charge in [0, 0.05) is 26.2 Å². The second-order valence-corrected chi connectivity index (χ2v) is 2.70. The summed E-state index contributed by atoms with van der Waals surface area (Å²) in [5.74, 6) is 0. The minimum absolute atomic E-state index is 0.407. The highest BCUT2D eigenvalue weighted by molar-refractivity contribution is 5.66. The third-order valence-electron chi connectivity index (χ3n) is 1.59. The van der Waals surface area contributed by atoms with Crippen molar-refractivity contribution in [2.24, 2.45) is 7.05 Å². The molecule has 0 aromatic carbocycles. The molecule has 1 heterocycles. The van der Waals surface area contributed by atoms with E-state index in [-0.39, 0.29) is 0 Å². The monoisotopic (exact) mass is 183 g/mol. The molecule has 5 nitrogen and oxygen atoms in total. The van der Waals surface area contributed by atoms with Gasteiger partial charge in [0.15, 0.2) is 0 Å². The molecular formula is C8H13N3O2. The second kappa shape index (κ2) is 4.49. The Morgan fingerprint density at radius 3 is 3.08 bits per heavy atom. The van der Waals surface area contributed by atoms with Crippen molar-refractivity contribution < 1.29 is 9.53 Å². The van der Waals surface area contributed by atoms with Gasteiger partial charge in [-0.05, 0) is 0 Å². The van der Waals surface area contributed by atoms with Gasteiger partial charge >= 0.3 is 6.09 Å². The molecule has 1 aromatic rings. The van der Waals surface area contributed by atoms with Crippen LogP contribution in [-0.4, -0.2) is 29.3 Å². The molecular weight excluding hydrogens is 170 g/mol. The van der Waals surface area contributed by atoms with Crippen molar-refractivity contribution in [3.8, 4) is 0 Å². The Hall–Kier alpha value is -1.52. The zero-order valence-corrected chi connectivity index (χ0v) is 7.78. The summed E-state index contributed by atoms with van der Waals surface area (Å²) >= 11 is 0. The molecule has 0 aliphatic rings. The lowest BCUT2D eigenvalue weighted by Crippen LogP contribution is -2.25. The van der Waals surface area contributed by atoms with E-state index in [0.717, 1.165) is 12.1 Å². The fourth-order valence-electron chi connectivity index (χ4n) is 0.961. The molecule has 0 unspecified atom stereocenters. The molecule has 0 saturated carbocycles. The Kier molecular flexibility index (Phi) is 3.31. The van der Waals surface area contributed by atoms with Crippen LogP contribution in [0.4, 0.5) is 4.79 Å². The number of methoxy groups -OCH3 is 1. The van der Waals surface area contributed by atoms with Crippen LogP contribution in [0.3, 0.4) is 0 Å². The molecule has 72 valence electrons. The zero-order valence-electron chi connectivity index (χ0n) is 7.78. The summed E-state index contributed by atoms with van der Waals surface area (Å²) in [6.45, 7) is 0.545. The maximum Gasteiger partial charge on any atom is 0.406 e. The Morgan fingerprint density at radius 2 is 2.54 bits per heavy atom. The third-order valence-corrected chi connectivity index (χ3v) is 1.59. The summed E-state index contributed by atoms with van der Waals surface area (Å²) in [4.78, 5) is 14.8. The fourth-order valence-corrected chi connectivity index (χ4v) is 0.961. The molecule has 0 atom stereocenters. The van der Waals surface area contributed by atoms with Crippen LogP contribution >= 0.6 is 0 Å². The van der Waals surface area contributed by atoms with Crippen molar-refractivity contribution in [3.63, 3.8) is 0 Å². The maximum atomic E-state index is 10.6. The van der Waals surface area contributed by atoms with Gasteiger partial charge < -0.3 is 14.6 Å². The lowest BCUT2D eigenvalue weighted by atomic mass is 10.3. The first kappa shape index (κ1) is 9.57. The van der Waals surface area contributed by atoms with Crippen LogP contribution in [0.5, 0.6) is 0 Å². The molecule has 0 spiro atoms. The van der Waals surface area contributed by atoms with E-state index in [2.05, 4.69) is 15.0 Å². The van der Waals surface area contributed by atoms with Crippen LogP contribution in [0.2, 0.25) is 0 Å². The van der Waals surface area contributed by atoms with Gasteiger partial charge in [0.1, 0.15) is 0 Å². The van der Waals surface area contributed by atoms with Crippen LogP contribution in [0.15, 0.2) is 12.5 Å². The van der Waals surface area contributed by atoms with E-state index in [1.807, 2.05) is 17.8 Å². The molecule has 0 bridgehead atoms. The lowest BCUT2D eigenvalue weighted by Gasteiger charge is -2.00. The number of carbonyl (C=O) groups is 1. The van der Waals surface area contributed by atoms with Crippen molar-refractivity contribution in [1.29, 1.82) is 0 Å². The number of ether oxygens (including phenoxy) is 1. The number of aryl methyl sites for hydroxylation is 1. The van der Waals surface area contributed by atoms with Gasteiger partial charge in [0.05, 0.1) is 19.1 Å². The standard InChI is InChI=1S/C8H13N3O2/c1-11-5-7(10-6-11)3-4-9-8(12)13-2/h5-6H,3-4H2,1-2H3,(H,9,12). The van der Waals surface area contributed by atoms with E-state index < -0.39 is 6.09 Å². The summed E-state index contributed by atoms with van der Waals surface area (Å²) in [7, 11) is 3.25. The van der Waals surface area contributed by atoms with Gasteiger partial charge in [-0.1, -0.05) is 0 Å². The zero-order chi connectivity index (χ0) is 9.68. The largest absolute Gasteiger partial charge is 0.453 e. The molecule has 1 amide bonds. The highest BCUT2D eigenvalue weighted by atomic mass is 16.5. The SMILES string of the molecule is COC(=O)NCCc1cn(C)cn1. The van der Waals surface area contributed by atoms with Crippen molar-refractivity contribution >= 4 is 6.09 Å². The number of rotatable bonds is 3. The third kappa shape index (κ3) is 3.14. The summed E-state index contributed by atoms with van der Waals surface area (Å²) in [5, 5.41) is 2.58. The summed E-state index contributed by atoms with van der Waals surface area (Å²) in [5.41, 5.74) is 0.957. The van der Waals surface area contributed by atoms with E-state index >= 15 is 0 Å². The number of imidazole rings is 1. The summed E-state index contributed by atoms with van der Waals surface area (Å²) in [6.07, 6.45) is 3.96.